The monoisotopic (exact) mass is 300 g/mol. The third kappa shape index (κ3) is 2.64. The molecule has 0 saturated carbocycles. The molecule has 8 heteroatoms. The number of carbonyl (C=O) groups excluding carboxylic acids is 1. The Morgan fingerprint density at radius 2 is 2.00 bits per heavy atom. The highest BCUT2D eigenvalue weighted by atomic mass is 35.5. The van der Waals surface area contributed by atoms with Gasteiger partial charge in [-0.3, -0.25) is 9.78 Å². The molecule has 0 unspecified atom stereocenters. The summed E-state index contributed by atoms with van der Waals surface area (Å²) in [4.78, 5) is 27.2. The molecule has 2 rings (SSSR count). The highest BCUT2D eigenvalue weighted by molar-refractivity contribution is 6.42. The predicted molar refractivity (Wildman–Crippen MR) is 72.2 cm³/mol. The van der Waals surface area contributed by atoms with Crippen LogP contribution in [-0.4, -0.2) is 39.7 Å². The molecule has 1 N–H and O–H groups in total. The lowest BCUT2D eigenvalue weighted by Crippen LogP contribution is -2.23. The summed E-state index contributed by atoms with van der Waals surface area (Å²) in [5.74, 6) is -0.433. The molecule has 100 valence electrons. The lowest BCUT2D eigenvalue weighted by molar-refractivity contribution is 0.0816. The summed E-state index contributed by atoms with van der Waals surface area (Å²) in [5, 5.41) is 4.60. The van der Waals surface area contributed by atoms with Crippen LogP contribution in [0, 0.1) is 0 Å². The van der Waals surface area contributed by atoms with E-state index in [2.05, 4.69) is 10.1 Å². The zero-order valence-corrected chi connectivity index (χ0v) is 11.7. The minimum Gasteiger partial charge on any atom is -0.342 e. The summed E-state index contributed by atoms with van der Waals surface area (Å²) in [6.07, 6.45) is 0. The van der Waals surface area contributed by atoms with E-state index in [-0.39, 0.29) is 5.82 Å². The molecule has 2 aromatic rings. The van der Waals surface area contributed by atoms with Gasteiger partial charge in [0, 0.05) is 14.1 Å². The third-order valence-electron chi connectivity index (χ3n) is 2.37. The van der Waals surface area contributed by atoms with E-state index in [4.69, 9.17) is 23.2 Å². The number of rotatable bonds is 2. The first kappa shape index (κ1) is 13.6. The number of hydrogen-bond acceptors (Lipinski definition) is 3. The smallest absolute Gasteiger partial charge is 0.342 e. The number of benzene rings is 1. The molecule has 1 amide bonds. The molecule has 0 fully saturated rings. The van der Waals surface area contributed by atoms with Gasteiger partial charge in [-0.15, -0.1) is 5.10 Å². The molecule has 19 heavy (non-hydrogen) atoms. The number of nitrogens with one attached hydrogen (secondary N) is 1. The first-order chi connectivity index (χ1) is 8.90. The lowest BCUT2D eigenvalue weighted by atomic mass is 10.3. The number of hydrogen-bond donors (Lipinski definition) is 1. The molecule has 0 spiro atoms. The van der Waals surface area contributed by atoms with E-state index in [1.54, 1.807) is 26.2 Å². The number of aromatic nitrogens is 3. The van der Waals surface area contributed by atoms with Gasteiger partial charge in [-0.1, -0.05) is 23.2 Å². The number of amides is 1. The van der Waals surface area contributed by atoms with Crippen molar-refractivity contribution >= 4 is 29.1 Å². The Bertz CT molecular complexity index is 690. The minimum atomic E-state index is -0.524. The van der Waals surface area contributed by atoms with E-state index in [0.29, 0.717) is 15.7 Å². The van der Waals surface area contributed by atoms with Crippen molar-refractivity contribution in [2.24, 2.45) is 0 Å². The number of carbonyl (C=O) groups is 1. The molecule has 0 aliphatic carbocycles. The zero-order valence-electron chi connectivity index (χ0n) is 10.1. The first-order valence-electron chi connectivity index (χ1n) is 5.26. The average Bonchev–Trinajstić information content (AvgIpc) is 2.73. The Hall–Kier alpha value is -1.79. The number of nitrogens with zero attached hydrogens (tertiary/aromatic N) is 3. The molecule has 0 bridgehead atoms. The van der Waals surface area contributed by atoms with Crippen LogP contribution in [0.25, 0.3) is 5.69 Å². The average molecular weight is 301 g/mol. The molecule has 0 saturated heterocycles. The highest BCUT2D eigenvalue weighted by Crippen LogP contribution is 2.23. The zero-order chi connectivity index (χ0) is 14.2. The molecule has 0 atom stereocenters. The van der Waals surface area contributed by atoms with Gasteiger partial charge in [-0.2, -0.15) is 4.68 Å². The number of aromatic amines is 1. The fraction of sp³-hybridized carbons (Fsp3) is 0.182. The molecule has 1 aromatic carbocycles. The molecule has 6 nitrogen and oxygen atoms in total. The summed E-state index contributed by atoms with van der Waals surface area (Å²) in [5.41, 5.74) is -0.1000. The number of halogens is 2. The van der Waals surface area contributed by atoms with Crippen LogP contribution < -0.4 is 5.69 Å². The predicted octanol–water partition coefficient (Wildman–Crippen LogP) is 1.57. The minimum absolute atomic E-state index is 0.0407. The van der Waals surface area contributed by atoms with Crippen LogP contribution in [0.15, 0.2) is 23.0 Å². The van der Waals surface area contributed by atoms with Gasteiger partial charge in [0.15, 0.2) is 0 Å². The van der Waals surface area contributed by atoms with Crippen LogP contribution in [0.4, 0.5) is 0 Å². The summed E-state index contributed by atoms with van der Waals surface area (Å²) in [7, 11) is 3.14. The second-order valence-electron chi connectivity index (χ2n) is 3.99. The summed E-state index contributed by atoms with van der Waals surface area (Å²) in [6, 6.07) is 4.63. The second kappa shape index (κ2) is 5.07. The van der Waals surface area contributed by atoms with Crippen LogP contribution >= 0.6 is 23.2 Å². The Balaban J connectivity index is 2.49. The van der Waals surface area contributed by atoms with Crippen molar-refractivity contribution in [1.29, 1.82) is 0 Å². The van der Waals surface area contributed by atoms with Crippen molar-refractivity contribution in [3.8, 4) is 5.69 Å². The largest absolute Gasteiger partial charge is 0.348 e. The maximum Gasteiger partial charge on any atom is 0.348 e. The maximum absolute atomic E-state index is 11.8. The Kier molecular flexibility index (Phi) is 3.64. The normalized spacial score (nSPS) is 10.5. The van der Waals surface area contributed by atoms with E-state index >= 15 is 0 Å². The van der Waals surface area contributed by atoms with Crippen LogP contribution in [0.3, 0.4) is 0 Å². The Morgan fingerprint density at radius 1 is 1.32 bits per heavy atom. The van der Waals surface area contributed by atoms with Gasteiger partial charge in [0.05, 0.1) is 15.7 Å². The molecule has 0 radical (unpaired) electrons. The van der Waals surface area contributed by atoms with E-state index in [1.807, 2.05) is 0 Å². The van der Waals surface area contributed by atoms with Crippen LogP contribution in [0.5, 0.6) is 0 Å². The van der Waals surface area contributed by atoms with Crippen LogP contribution in [-0.2, 0) is 0 Å². The van der Waals surface area contributed by atoms with Gasteiger partial charge < -0.3 is 4.90 Å². The molecule has 0 aliphatic heterocycles. The van der Waals surface area contributed by atoms with E-state index in [1.165, 1.54) is 11.0 Å². The van der Waals surface area contributed by atoms with Crippen molar-refractivity contribution in [2.75, 3.05) is 14.1 Å². The summed E-state index contributed by atoms with van der Waals surface area (Å²) < 4.78 is 1.05. The lowest BCUT2D eigenvalue weighted by Gasteiger charge is -2.06. The van der Waals surface area contributed by atoms with Crippen LogP contribution in [0.2, 0.25) is 10.0 Å². The molecule has 0 aliphatic rings. The van der Waals surface area contributed by atoms with Crippen molar-refractivity contribution in [3.05, 3.63) is 44.6 Å². The Labute approximate surface area is 118 Å². The second-order valence-corrected chi connectivity index (χ2v) is 4.80. The third-order valence-corrected chi connectivity index (χ3v) is 3.11. The summed E-state index contributed by atoms with van der Waals surface area (Å²) in [6.45, 7) is 0. The van der Waals surface area contributed by atoms with Crippen molar-refractivity contribution in [1.82, 2.24) is 19.7 Å². The van der Waals surface area contributed by atoms with Gasteiger partial charge in [0.2, 0.25) is 5.82 Å². The SMILES string of the molecule is CN(C)C(=O)c1nn(-c2ccc(Cl)c(Cl)c2)c(=O)[nH]1. The van der Waals surface area contributed by atoms with Gasteiger partial charge in [-0.05, 0) is 18.2 Å². The maximum atomic E-state index is 11.8. The first-order valence-corrected chi connectivity index (χ1v) is 6.02. The van der Waals surface area contributed by atoms with E-state index in [9.17, 15) is 9.59 Å². The number of H-pyrrole nitrogens is 1. The highest BCUT2D eigenvalue weighted by Gasteiger charge is 2.16. The molecular weight excluding hydrogens is 291 g/mol. The van der Waals surface area contributed by atoms with Gasteiger partial charge in [0.1, 0.15) is 0 Å². The molecule has 1 heterocycles. The summed E-state index contributed by atoms with van der Waals surface area (Å²) >= 11 is 11.7. The van der Waals surface area contributed by atoms with E-state index in [0.717, 1.165) is 4.68 Å². The standard InChI is InChI=1S/C11H10Cl2N4O2/c1-16(2)10(18)9-14-11(19)17(15-9)6-3-4-7(12)8(13)5-6/h3-5H,1-2H3,(H,14,15,19). The van der Waals surface area contributed by atoms with Crippen molar-refractivity contribution in [2.45, 2.75) is 0 Å². The fourth-order valence-electron chi connectivity index (χ4n) is 1.42. The quantitative estimate of drug-likeness (QED) is 0.915. The topological polar surface area (TPSA) is 71.0 Å². The molecule has 1 aromatic heterocycles. The van der Waals surface area contributed by atoms with Gasteiger partial charge in [0.25, 0.3) is 5.91 Å². The van der Waals surface area contributed by atoms with Crippen molar-refractivity contribution < 1.29 is 4.79 Å². The van der Waals surface area contributed by atoms with Gasteiger partial charge >= 0.3 is 5.69 Å². The van der Waals surface area contributed by atoms with E-state index < -0.39 is 11.6 Å². The Morgan fingerprint density at radius 3 is 2.58 bits per heavy atom. The van der Waals surface area contributed by atoms with Gasteiger partial charge in [-0.25, -0.2) is 4.79 Å². The fourth-order valence-corrected chi connectivity index (χ4v) is 1.72. The molecular formula is C11H10Cl2N4O2. The van der Waals surface area contributed by atoms with Crippen molar-refractivity contribution in [3.63, 3.8) is 0 Å². The van der Waals surface area contributed by atoms with Crippen LogP contribution in [0.1, 0.15) is 10.6 Å².